The number of thiazole rings is 1. The quantitative estimate of drug-likeness (QED) is 0.513. The van der Waals surface area contributed by atoms with Crippen molar-refractivity contribution in [2.75, 3.05) is 13.1 Å². The third-order valence-corrected chi connectivity index (χ3v) is 6.23. The lowest BCUT2D eigenvalue weighted by Gasteiger charge is -2.31. The molecule has 0 unspecified atom stereocenters. The van der Waals surface area contributed by atoms with Crippen LogP contribution < -0.4 is 0 Å². The van der Waals surface area contributed by atoms with Crippen LogP contribution in [0.3, 0.4) is 0 Å². The number of piperidine rings is 1. The maximum Gasteiger partial charge on any atom is 0.259 e. The Morgan fingerprint density at radius 2 is 2.18 bits per heavy atom. The van der Waals surface area contributed by atoms with E-state index in [-0.39, 0.29) is 5.92 Å². The first-order valence-corrected chi connectivity index (χ1v) is 10.4. The van der Waals surface area contributed by atoms with E-state index in [1.807, 2.05) is 24.7 Å². The molecule has 28 heavy (non-hydrogen) atoms. The van der Waals surface area contributed by atoms with E-state index in [2.05, 4.69) is 49.3 Å². The molecule has 1 aliphatic heterocycles. The van der Waals surface area contributed by atoms with E-state index in [1.165, 1.54) is 10.9 Å². The van der Waals surface area contributed by atoms with Crippen LogP contribution in [0.25, 0.3) is 21.7 Å². The fourth-order valence-electron chi connectivity index (χ4n) is 3.88. The molecule has 0 bridgehead atoms. The van der Waals surface area contributed by atoms with Crippen LogP contribution in [-0.4, -0.2) is 38.2 Å². The largest absolute Gasteiger partial charge is 0.419 e. The summed E-state index contributed by atoms with van der Waals surface area (Å²) in [4.78, 5) is 12.1. The topological polar surface area (TPSA) is 67.9 Å². The highest BCUT2D eigenvalue weighted by molar-refractivity contribution is 7.13. The van der Waals surface area contributed by atoms with Crippen molar-refractivity contribution >= 4 is 22.2 Å². The van der Waals surface area contributed by atoms with Gasteiger partial charge >= 0.3 is 0 Å². The van der Waals surface area contributed by atoms with Crippen molar-refractivity contribution in [1.82, 2.24) is 25.1 Å². The van der Waals surface area contributed by atoms with Gasteiger partial charge in [-0.3, -0.25) is 9.88 Å². The van der Waals surface area contributed by atoms with Crippen molar-refractivity contribution in [3.8, 4) is 10.8 Å². The van der Waals surface area contributed by atoms with Crippen molar-refractivity contribution in [1.29, 1.82) is 0 Å². The zero-order chi connectivity index (χ0) is 18.9. The zero-order valence-corrected chi connectivity index (χ0v) is 16.5. The minimum Gasteiger partial charge on any atom is -0.419 e. The van der Waals surface area contributed by atoms with Gasteiger partial charge in [-0.05, 0) is 50.1 Å². The fraction of sp³-hybridized carbons (Fsp3) is 0.333. The average molecular weight is 392 g/mol. The first-order valence-electron chi connectivity index (χ1n) is 9.56. The third-order valence-electron chi connectivity index (χ3n) is 5.31. The van der Waals surface area contributed by atoms with E-state index >= 15 is 0 Å². The lowest BCUT2D eigenvalue weighted by Crippen LogP contribution is -2.34. The van der Waals surface area contributed by atoms with E-state index in [9.17, 15) is 0 Å². The molecule has 1 aliphatic rings. The summed E-state index contributed by atoms with van der Waals surface area (Å²) in [5.41, 5.74) is 5.11. The minimum absolute atomic E-state index is 0.283. The molecule has 4 aromatic rings. The molecular formula is C21H21N5OS. The second-order valence-electron chi connectivity index (χ2n) is 7.32. The molecule has 4 heterocycles. The Morgan fingerprint density at radius 1 is 1.21 bits per heavy atom. The van der Waals surface area contributed by atoms with E-state index in [4.69, 9.17) is 4.42 Å². The Hall–Kier alpha value is -2.64. The van der Waals surface area contributed by atoms with E-state index in [0.29, 0.717) is 5.89 Å². The summed E-state index contributed by atoms with van der Waals surface area (Å²) in [5.74, 6) is 1.62. The summed E-state index contributed by atoms with van der Waals surface area (Å²) in [5, 5.41) is 9.80. The van der Waals surface area contributed by atoms with Crippen LogP contribution in [0.15, 0.2) is 46.5 Å². The lowest BCUT2D eigenvalue weighted by molar-refractivity contribution is 0.186. The summed E-state index contributed by atoms with van der Waals surface area (Å²) in [7, 11) is 0. The van der Waals surface area contributed by atoms with Gasteiger partial charge in [0.1, 0.15) is 4.88 Å². The van der Waals surface area contributed by atoms with Crippen LogP contribution in [0.1, 0.15) is 35.9 Å². The molecule has 142 valence electrons. The van der Waals surface area contributed by atoms with Crippen LogP contribution >= 0.6 is 11.3 Å². The fourth-order valence-corrected chi connectivity index (χ4v) is 4.60. The smallest absolute Gasteiger partial charge is 0.259 e. The van der Waals surface area contributed by atoms with Gasteiger partial charge in [0.25, 0.3) is 5.89 Å². The molecule has 1 atom stereocenters. The first-order chi connectivity index (χ1) is 13.8. The van der Waals surface area contributed by atoms with E-state index in [0.717, 1.165) is 54.5 Å². The van der Waals surface area contributed by atoms with Crippen LogP contribution in [-0.2, 0) is 6.54 Å². The number of hydrogen-bond acceptors (Lipinski definition) is 7. The van der Waals surface area contributed by atoms with Crippen molar-refractivity contribution < 1.29 is 4.42 Å². The van der Waals surface area contributed by atoms with Gasteiger partial charge in [0, 0.05) is 24.7 Å². The normalized spacial score (nSPS) is 18.0. The van der Waals surface area contributed by atoms with Gasteiger partial charge in [0.05, 0.1) is 22.6 Å². The standard InChI is InChI=1S/C21H21N5OS/c1-14-19(28-13-23-14)21-25-24-20(27-21)17-5-3-9-26(12-17)11-15-6-7-18-16(10-15)4-2-8-22-18/h2,4,6-8,10,13,17H,3,5,9,11-12H2,1H3/t17-/m0/s1. The van der Waals surface area contributed by atoms with Crippen LogP contribution in [0.5, 0.6) is 0 Å². The number of likely N-dealkylation sites (tertiary alicyclic amines) is 1. The molecule has 1 fully saturated rings. The monoisotopic (exact) mass is 391 g/mol. The molecule has 0 amide bonds. The van der Waals surface area contributed by atoms with Crippen LogP contribution in [0, 0.1) is 6.92 Å². The molecule has 0 spiro atoms. The molecule has 1 aromatic carbocycles. The number of pyridine rings is 1. The predicted octanol–water partition coefficient (Wildman–Crippen LogP) is 4.43. The summed E-state index contributed by atoms with van der Waals surface area (Å²) in [6.07, 6.45) is 4.06. The van der Waals surface area contributed by atoms with Gasteiger partial charge in [0.2, 0.25) is 5.89 Å². The molecule has 7 heteroatoms. The second kappa shape index (κ2) is 7.41. The van der Waals surface area contributed by atoms with E-state index in [1.54, 1.807) is 11.3 Å². The number of aryl methyl sites for hydroxylation is 1. The third kappa shape index (κ3) is 3.43. The highest BCUT2D eigenvalue weighted by Gasteiger charge is 2.26. The molecule has 6 nitrogen and oxygen atoms in total. The highest BCUT2D eigenvalue weighted by atomic mass is 32.1. The Labute approximate surface area is 167 Å². The van der Waals surface area contributed by atoms with Crippen LogP contribution in [0.2, 0.25) is 0 Å². The number of aromatic nitrogens is 4. The van der Waals surface area contributed by atoms with Gasteiger partial charge in [-0.15, -0.1) is 21.5 Å². The van der Waals surface area contributed by atoms with Crippen molar-refractivity contribution in [3.05, 3.63) is 59.2 Å². The number of nitrogens with zero attached hydrogens (tertiary/aromatic N) is 5. The second-order valence-corrected chi connectivity index (χ2v) is 8.17. The zero-order valence-electron chi connectivity index (χ0n) is 15.7. The minimum atomic E-state index is 0.283. The van der Waals surface area contributed by atoms with Crippen LogP contribution in [0.4, 0.5) is 0 Å². The molecule has 0 saturated carbocycles. The number of hydrogen-bond donors (Lipinski definition) is 0. The maximum atomic E-state index is 6.02. The SMILES string of the molecule is Cc1ncsc1-c1nnc([C@H]2CCCN(Cc3ccc4ncccc4c3)C2)o1. The lowest BCUT2D eigenvalue weighted by atomic mass is 9.97. The summed E-state index contributed by atoms with van der Waals surface area (Å²) in [6.45, 7) is 4.93. The van der Waals surface area contributed by atoms with Gasteiger partial charge in [0.15, 0.2) is 0 Å². The summed E-state index contributed by atoms with van der Waals surface area (Å²) in [6, 6.07) is 10.6. The molecular weight excluding hydrogens is 370 g/mol. The van der Waals surface area contributed by atoms with E-state index < -0.39 is 0 Å². The van der Waals surface area contributed by atoms with Crippen molar-refractivity contribution in [2.24, 2.45) is 0 Å². The molecule has 1 saturated heterocycles. The van der Waals surface area contributed by atoms with Crippen molar-refractivity contribution in [3.63, 3.8) is 0 Å². The Kier molecular flexibility index (Phi) is 4.62. The Balaban J connectivity index is 1.31. The Bertz CT molecular complexity index is 1100. The highest BCUT2D eigenvalue weighted by Crippen LogP contribution is 2.31. The summed E-state index contributed by atoms with van der Waals surface area (Å²) >= 11 is 1.54. The van der Waals surface area contributed by atoms with Gasteiger partial charge < -0.3 is 4.42 Å². The molecule has 5 rings (SSSR count). The number of benzene rings is 1. The predicted molar refractivity (Wildman–Crippen MR) is 109 cm³/mol. The van der Waals surface area contributed by atoms with Crippen molar-refractivity contribution in [2.45, 2.75) is 32.2 Å². The molecule has 0 aliphatic carbocycles. The van der Waals surface area contributed by atoms with Gasteiger partial charge in [-0.25, -0.2) is 4.98 Å². The first kappa shape index (κ1) is 17.5. The molecule has 0 radical (unpaired) electrons. The Morgan fingerprint density at radius 3 is 3.07 bits per heavy atom. The number of fused-ring (bicyclic) bond motifs is 1. The maximum absolute atomic E-state index is 6.02. The average Bonchev–Trinajstić information content (AvgIpc) is 3.37. The molecule has 3 aromatic heterocycles. The summed E-state index contributed by atoms with van der Waals surface area (Å²) < 4.78 is 6.02. The molecule has 0 N–H and O–H groups in total. The number of rotatable bonds is 4. The van der Waals surface area contributed by atoms with Gasteiger partial charge in [-0.1, -0.05) is 12.1 Å². The van der Waals surface area contributed by atoms with Gasteiger partial charge in [-0.2, -0.15) is 0 Å².